The highest BCUT2D eigenvalue weighted by Crippen LogP contribution is 2.26. The van der Waals surface area contributed by atoms with Crippen molar-refractivity contribution in [1.29, 1.82) is 0 Å². The molecule has 0 fully saturated rings. The second-order valence-electron chi connectivity index (χ2n) is 9.76. The molecule has 0 aliphatic carbocycles. The van der Waals surface area contributed by atoms with Crippen molar-refractivity contribution in [3.8, 4) is 21.9 Å². The fraction of sp³-hybridized carbons (Fsp3) is 0.188. The van der Waals surface area contributed by atoms with Gasteiger partial charge in [0.1, 0.15) is 5.75 Å². The number of carbonyl (C=O) groups excluding carboxylic acids is 1. The number of nitrogens with zero attached hydrogens (tertiary/aromatic N) is 2. The molecule has 3 aromatic carbocycles. The van der Waals surface area contributed by atoms with E-state index in [9.17, 15) is 9.59 Å². The Bertz CT molecular complexity index is 1670. The van der Waals surface area contributed by atoms with Crippen LogP contribution in [0.4, 0.5) is 5.69 Å². The minimum Gasteiger partial charge on any atom is -0.494 e. The summed E-state index contributed by atoms with van der Waals surface area (Å²) >= 11 is 1.64. The normalized spacial score (nSPS) is 11.2. The summed E-state index contributed by atoms with van der Waals surface area (Å²) in [6.45, 7) is 3.47. The van der Waals surface area contributed by atoms with Crippen LogP contribution in [0.3, 0.4) is 0 Å². The number of amides is 1. The van der Waals surface area contributed by atoms with Gasteiger partial charge in [-0.1, -0.05) is 30.3 Å². The molecule has 0 aliphatic rings. The lowest BCUT2D eigenvalue weighted by Crippen LogP contribution is -2.19. The number of thiophene rings is 1. The van der Waals surface area contributed by atoms with Crippen molar-refractivity contribution in [3.63, 3.8) is 0 Å². The van der Waals surface area contributed by atoms with Gasteiger partial charge in [0.15, 0.2) is 0 Å². The molecule has 0 unspecified atom stereocenters. The van der Waals surface area contributed by atoms with E-state index in [4.69, 9.17) is 4.74 Å². The molecule has 0 atom stereocenters. The van der Waals surface area contributed by atoms with Gasteiger partial charge < -0.3 is 15.0 Å². The van der Waals surface area contributed by atoms with E-state index in [0.29, 0.717) is 34.7 Å². The summed E-state index contributed by atoms with van der Waals surface area (Å²) in [6, 6.07) is 24.8. The van der Waals surface area contributed by atoms with Gasteiger partial charge in [0.2, 0.25) is 0 Å². The van der Waals surface area contributed by atoms with Crippen LogP contribution in [0.25, 0.3) is 26.9 Å². The molecule has 0 saturated heterocycles. The van der Waals surface area contributed by atoms with E-state index in [1.807, 2.05) is 99.2 Å². The molecule has 2 aromatic heterocycles. The van der Waals surface area contributed by atoms with Crippen molar-refractivity contribution in [3.05, 3.63) is 112 Å². The van der Waals surface area contributed by atoms with E-state index in [0.717, 1.165) is 34.4 Å². The summed E-state index contributed by atoms with van der Waals surface area (Å²) < 4.78 is 7.53. The Balaban J connectivity index is 1.40. The molecule has 2 heterocycles. The number of hydrogen-bond acceptors (Lipinski definition) is 5. The molecular weight excluding hydrogens is 506 g/mol. The molecule has 0 aliphatic heterocycles. The lowest BCUT2D eigenvalue weighted by atomic mass is 10.1. The Morgan fingerprint density at radius 1 is 1.00 bits per heavy atom. The van der Waals surface area contributed by atoms with E-state index >= 15 is 0 Å². The standard InChI is InChI=1S/C32H31N3O3S/c1-22-10-12-26(33-31(36)25-8-4-7-24(19-25)30-9-5-18-39-30)20-29(22)35-16-14-23-11-13-27(21-28(23)32(35)37)38-17-6-15-34(2)3/h4-5,7-14,16,18-21H,6,15,17H2,1-3H3,(H,33,36). The SMILES string of the molecule is Cc1ccc(NC(=O)c2cccc(-c3cccs3)c2)cc1-n1ccc2ccc(OCCCN(C)C)cc2c1=O. The van der Waals surface area contributed by atoms with Gasteiger partial charge in [-0.2, -0.15) is 0 Å². The molecule has 0 saturated carbocycles. The monoisotopic (exact) mass is 537 g/mol. The number of carbonyl (C=O) groups is 1. The first-order valence-corrected chi connectivity index (χ1v) is 13.8. The molecule has 7 heteroatoms. The number of rotatable bonds is 9. The quantitative estimate of drug-likeness (QED) is 0.215. The van der Waals surface area contributed by atoms with Gasteiger partial charge in [0.05, 0.1) is 17.7 Å². The molecule has 6 nitrogen and oxygen atoms in total. The van der Waals surface area contributed by atoms with Gasteiger partial charge in [0, 0.05) is 28.9 Å². The minimum atomic E-state index is -0.204. The lowest BCUT2D eigenvalue weighted by Gasteiger charge is -2.14. The number of aromatic nitrogens is 1. The number of anilines is 1. The summed E-state index contributed by atoms with van der Waals surface area (Å²) in [5.41, 5.74) is 3.69. The van der Waals surface area contributed by atoms with Crippen LogP contribution >= 0.6 is 11.3 Å². The Labute approximate surface area is 232 Å². The zero-order valence-corrected chi connectivity index (χ0v) is 23.1. The largest absolute Gasteiger partial charge is 0.494 e. The van der Waals surface area contributed by atoms with E-state index < -0.39 is 0 Å². The predicted molar refractivity (Wildman–Crippen MR) is 161 cm³/mol. The average Bonchev–Trinajstić information content (AvgIpc) is 3.48. The second-order valence-corrected chi connectivity index (χ2v) is 10.7. The molecular formula is C32H31N3O3S. The third kappa shape index (κ3) is 6.11. The van der Waals surface area contributed by atoms with Crippen LogP contribution in [0.15, 0.2) is 95.2 Å². The molecule has 0 spiro atoms. The maximum Gasteiger partial charge on any atom is 0.263 e. The number of benzene rings is 3. The number of pyridine rings is 1. The average molecular weight is 538 g/mol. The highest BCUT2D eigenvalue weighted by Gasteiger charge is 2.12. The van der Waals surface area contributed by atoms with Gasteiger partial charge in [0.25, 0.3) is 11.5 Å². The highest BCUT2D eigenvalue weighted by atomic mass is 32.1. The molecule has 39 heavy (non-hydrogen) atoms. The maximum atomic E-state index is 13.6. The summed E-state index contributed by atoms with van der Waals surface area (Å²) in [6.07, 6.45) is 2.68. The Morgan fingerprint density at radius 3 is 2.67 bits per heavy atom. The first-order valence-electron chi connectivity index (χ1n) is 12.9. The van der Waals surface area contributed by atoms with Crippen LogP contribution in [0.2, 0.25) is 0 Å². The number of nitrogens with one attached hydrogen (secondary N) is 1. The first kappa shape index (κ1) is 26.4. The van der Waals surface area contributed by atoms with E-state index in [2.05, 4.69) is 10.2 Å². The van der Waals surface area contributed by atoms with Crippen LogP contribution in [-0.4, -0.2) is 42.6 Å². The second kappa shape index (κ2) is 11.7. The van der Waals surface area contributed by atoms with E-state index in [-0.39, 0.29) is 11.5 Å². The molecule has 5 rings (SSSR count). The predicted octanol–water partition coefficient (Wildman–Crippen LogP) is 6.61. The molecule has 198 valence electrons. The fourth-order valence-corrected chi connectivity index (χ4v) is 5.20. The zero-order valence-electron chi connectivity index (χ0n) is 22.3. The van der Waals surface area contributed by atoms with Crippen molar-refractivity contribution in [2.45, 2.75) is 13.3 Å². The third-order valence-corrected chi connectivity index (χ3v) is 7.47. The van der Waals surface area contributed by atoms with Gasteiger partial charge in [-0.15, -0.1) is 11.3 Å². The van der Waals surface area contributed by atoms with Crippen molar-refractivity contribution >= 4 is 33.7 Å². The Morgan fingerprint density at radius 2 is 1.87 bits per heavy atom. The van der Waals surface area contributed by atoms with Gasteiger partial charge in [-0.3, -0.25) is 14.2 Å². The first-order chi connectivity index (χ1) is 18.9. The van der Waals surface area contributed by atoms with Crippen molar-refractivity contribution in [1.82, 2.24) is 9.47 Å². The van der Waals surface area contributed by atoms with Gasteiger partial charge in [-0.05, 0) is 97.9 Å². The van der Waals surface area contributed by atoms with Crippen molar-refractivity contribution < 1.29 is 9.53 Å². The molecule has 1 N–H and O–H groups in total. The van der Waals surface area contributed by atoms with Crippen molar-refractivity contribution in [2.24, 2.45) is 0 Å². The van der Waals surface area contributed by atoms with Gasteiger partial charge >= 0.3 is 0 Å². The summed E-state index contributed by atoms with van der Waals surface area (Å²) in [5, 5.41) is 6.45. The van der Waals surface area contributed by atoms with E-state index in [1.165, 1.54) is 0 Å². The van der Waals surface area contributed by atoms with Crippen LogP contribution in [0.1, 0.15) is 22.3 Å². The number of ether oxygens (including phenoxy) is 1. The lowest BCUT2D eigenvalue weighted by molar-refractivity contribution is 0.102. The third-order valence-electron chi connectivity index (χ3n) is 6.55. The summed E-state index contributed by atoms with van der Waals surface area (Å²) in [7, 11) is 4.06. The molecule has 1 amide bonds. The number of fused-ring (bicyclic) bond motifs is 1. The van der Waals surface area contributed by atoms with Crippen LogP contribution in [-0.2, 0) is 0 Å². The molecule has 0 bridgehead atoms. The van der Waals surface area contributed by atoms with Crippen molar-refractivity contribution in [2.75, 3.05) is 32.6 Å². The summed E-state index contributed by atoms with van der Waals surface area (Å²) in [4.78, 5) is 29.9. The summed E-state index contributed by atoms with van der Waals surface area (Å²) in [5.74, 6) is 0.476. The van der Waals surface area contributed by atoms with Crippen LogP contribution < -0.4 is 15.6 Å². The van der Waals surface area contributed by atoms with Crippen LogP contribution in [0, 0.1) is 6.92 Å². The Hall–Kier alpha value is -4.20. The number of hydrogen-bond donors (Lipinski definition) is 1. The Kier molecular flexibility index (Phi) is 7.91. The number of aryl methyl sites for hydroxylation is 1. The zero-order chi connectivity index (χ0) is 27.4. The highest BCUT2D eigenvalue weighted by molar-refractivity contribution is 7.13. The van der Waals surface area contributed by atoms with Crippen LogP contribution in [0.5, 0.6) is 5.75 Å². The smallest absolute Gasteiger partial charge is 0.263 e. The molecule has 0 radical (unpaired) electrons. The minimum absolute atomic E-state index is 0.138. The fourth-order valence-electron chi connectivity index (χ4n) is 4.47. The topological polar surface area (TPSA) is 63.6 Å². The molecule has 5 aromatic rings. The van der Waals surface area contributed by atoms with Gasteiger partial charge in [-0.25, -0.2) is 0 Å². The van der Waals surface area contributed by atoms with E-state index in [1.54, 1.807) is 28.2 Å². The maximum absolute atomic E-state index is 13.6.